The third-order valence-electron chi connectivity index (χ3n) is 5.32. The quantitative estimate of drug-likeness (QED) is 0.502. The lowest BCUT2D eigenvalue weighted by Gasteiger charge is -2.12. The summed E-state index contributed by atoms with van der Waals surface area (Å²) >= 11 is 3.60. The van der Waals surface area contributed by atoms with E-state index in [2.05, 4.69) is 5.32 Å². The lowest BCUT2D eigenvalue weighted by molar-refractivity contribution is 0.0950. The summed E-state index contributed by atoms with van der Waals surface area (Å²) in [5, 5.41) is 4.32. The SMILES string of the molecule is O=C(NCCCc1nc2c(s1)CCCC2)c1ccccc1SCC1CCCO1. The Labute approximate surface area is 175 Å². The monoisotopic (exact) mass is 416 g/mol. The zero-order valence-electron chi connectivity index (χ0n) is 16.2. The molecule has 28 heavy (non-hydrogen) atoms. The van der Waals surface area contributed by atoms with Gasteiger partial charge in [-0.1, -0.05) is 12.1 Å². The van der Waals surface area contributed by atoms with Crippen LogP contribution in [0, 0.1) is 0 Å². The van der Waals surface area contributed by atoms with Crippen LogP contribution in [0.3, 0.4) is 0 Å². The van der Waals surface area contributed by atoms with E-state index in [1.807, 2.05) is 35.6 Å². The Morgan fingerprint density at radius 3 is 3.00 bits per heavy atom. The first kappa shape index (κ1) is 19.9. The Morgan fingerprint density at radius 2 is 2.14 bits per heavy atom. The van der Waals surface area contributed by atoms with E-state index in [1.165, 1.54) is 34.8 Å². The summed E-state index contributed by atoms with van der Waals surface area (Å²) in [4.78, 5) is 20.0. The number of carbonyl (C=O) groups excluding carboxylic acids is 1. The molecule has 0 saturated carbocycles. The van der Waals surface area contributed by atoms with Crippen molar-refractivity contribution in [3.05, 3.63) is 45.4 Å². The van der Waals surface area contributed by atoms with Gasteiger partial charge in [0.1, 0.15) is 0 Å². The normalized spacial score (nSPS) is 18.8. The molecule has 0 radical (unpaired) electrons. The second-order valence-electron chi connectivity index (χ2n) is 7.49. The summed E-state index contributed by atoms with van der Waals surface area (Å²) in [6.07, 6.45) is 9.40. The predicted octanol–water partition coefficient (Wildman–Crippen LogP) is 4.66. The van der Waals surface area contributed by atoms with Crippen molar-refractivity contribution in [3.8, 4) is 0 Å². The van der Waals surface area contributed by atoms with Crippen LogP contribution in [0.25, 0.3) is 0 Å². The largest absolute Gasteiger partial charge is 0.377 e. The number of amides is 1. The number of hydrogen-bond donors (Lipinski definition) is 1. The van der Waals surface area contributed by atoms with Gasteiger partial charge < -0.3 is 10.1 Å². The average molecular weight is 417 g/mol. The van der Waals surface area contributed by atoms with Crippen LogP contribution in [-0.4, -0.2) is 35.9 Å². The molecule has 4 nitrogen and oxygen atoms in total. The van der Waals surface area contributed by atoms with Crippen molar-refractivity contribution in [1.29, 1.82) is 0 Å². The van der Waals surface area contributed by atoms with Crippen molar-refractivity contribution in [1.82, 2.24) is 10.3 Å². The summed E-state index contributed by atoms with van der Waals surface area (Å²) < 4.78 is 5.70. The van der Waals surface area contributed by atoms with Gasteiger partial charge in [-0.15, -0.1) is 23.1 Å². The van der Waals surface area contributed by atoms with Gasteiger partial charge in [-0.3, -0.25) is 4.79 Å². The molecule has 6 heteroatoms. The zero-order valence-corrected chi connectivity index (χ0v) is 17.9. The molecule has 1 saturated heterocycles. The van der Waals surface area contributed by atoms with Gasteiger partial charge in [0.2, 0.25) is 0 Å². The third kappa shape index (κ3) is 5.16. The predicted molar refractivity (Wildman–Crippen MR) is 116 cm³/mol. The number of fused-ring (bicyclic) bond motifs is 1. The summed E-state index contributed by atoms with van der Waals surface area (Å²) in [6.45, 7) is 1.56. The molecule has 1 fully saturated rings. The van der Waals surface area contributed by atoms with Crippen LogP contribution in [0.5, 0.6) is 0 Å². The minimum atomic E-state index is 0.0221. The minimum Gasteiger partial charge on any atom is -0.377 e. The minimum absolute atomic E-state index is 0.0221. The number of hydrogen-bond acceptors (Lipinski definition) is 5. The van der Waals surface area contributed by atoms with Crippen LogP contribution < -0.4 is 5.32 Å². The van der Waals surface area contributed by atoms with E-state index in [4.69, 9.17) is 9.72 Å². The number of rotatable bonds is 8. The van der Waals surface area contributed by atoms with Gasteiger partial charge in [-0.25, -0.2) is 4.98 Å². The Morgan fingerprint density at radius 1 is 1.25 bits per heavy atom. The smallest absolute Gasteiger partial charge is 0.252 e. The van der Waals surface area contributed by atoms with Crippen molar-refractivity contribution in [2.24, 2.45) is 0 Å². The molecule has 1 aromatic carbocycles. The molecule has 2 aliphatic rings. The van der Waals surface area contributed by atoms with E-state index in [1.54, 1.807) is 11.8 Å². The summed E-state index contributed by atoms with van der Waals surface area (Å²) in [6, 6.07) is 7.89. The average Bonchev–Trinajstić information content (AvgIpc) is 3.39. The number of aromatic nitrogens is 1. The van der Waals surface area contributed by atoms with E-state index in [0.29, 0.717) is 12.6 Å². The Kier molecular flexibility index (Phi) is 7.04. The molecular formula is C22H28N2O2S2. The molecule has 1 aliphatic heterocycles. The van der Waals surface area contributed by atoms with Crippen molar-refractivity contribution in [3.63, 3.8) is 0 Å². The number of nitrogens with one attached hydrogen (secondary N) is 1. The van der Waals surface area contributed by atoms with E-state index in [-0.39, 0.29) is 5.91 Å². The molecule has 1 aliphatic carbocycles. The van der Waals surface area contributed by atoms with Crippen LogP contribution >= 0.6 is 23.1 Å². The highest BCUT2D eigenvalue weighted by Crippen LogP contribution is 2.28. The Hall–Kier alpha value is -1.37. The van der Waals surface area contributed by atoms with Gasteiger partial charge in [0, 0.05) is 35.1 Å². The van der Waals surface area contributed by atoms with Gasteiger partial charge in [0.05, 0.1) is 22.4 Å². The summed E-state index contributed by atoms with van der Waals surface area (Å²) in [5.41, 5.74) is 2.10. The van der Waals surface area contributed by atoms with Gasteiger partial charge in [-0.05, 0) is 57.1 Å². The maximum atomic E-state index is 12.7. The molecule has 1 aromatic heterocycles. The van der Waals surface area contributed by atoms with E-state index < -0.39 is 0 Å². The highest BCUT2D eigenvalue weighted by Gasteiger charge is 2.18. The Balaban J connectivity index is 1.25. The molecule has 0 bridgehead atoms. The molecule has 4 rings (SSSR count). The lowest BCUT2D eigenvalue weighted by Crippen LogP contribution is -2.25. The van der Waals surface area contributed by atoms with E-state index in [0.717, 1.165) is 54.9 Å². The van der Waals surface area contributed by atoms with Gasteiger partial charge in [0.15, 0.2) is 0 Å². The molecular weight excluding hydrogens is 388 g/mol. The standard InChI is InChI=1S/C22H28N2O2S2/c25-22(17-8-1-3-10-19(17)27-15-16-7-6-14-26-16)23-13-5-12-21-24-18-9-2-4-11-20(18)28-21/h1,3,8,10,16H,2,4-7,9,11-15H2,(H,23,25). The van der Waals surface area contributed by atoms with Crippen molar-refractivity contribution >= 4 is 29.0 Å². The second kappa shape index (κ2) is 9.90. The van der Waals surface area contributed by atoms with Crippen molar-refractivity contribution in [2.45, 2.75) is 62.4 Å². The second-order valence-corrected chi connectivity index (χ2v) is 9.72. The number of thioether (sulfide) groups is 1. The van der Waals surface area contributed by atoms with E-state index >= 15 is 0 Å². The maximum absolute atomic E-state index is 12.7. The van der Waals surface area contributed by atoms with Gasteiger partial charge in [0.25, 0.3) is 5.91 Å². The molecule has 0 spiro atoms. The van der Waals surface area contributed by atoms with Crippen molar-refractivity contribution < 1.29 is 9.53 Å². The van der Waals surface area contributed by atoms with Gasteiger partial charge >= 0.3 is 0 Å². The van der Waals surface area contributed by atoms with Gasteiger partial charge in [-0.2, -0.15) is 0 Å². The highest BCUT2D eigenvalue weighted by molar-refractivity contribution is 7.99. The highest BCUT2D eigenvalue weighted by atomic mass is 32.2. The molecule has 1 unspecified atom stereocenters. The van der Waals surface area contributed by atoms with Crippen molar-refractivity contribution in [2.75, 3.05) is 18.9 Å². The fraction of sp³-hybridized carbons (Fsp3) is 0.545. The van der Waals surface area contributed by atoms with Crippen LogP contribution in [0.1, 0.15) is 58.0 Å². The Bertz CT molecular complexity index is 776. The van der Waals surface area contributed by atoms with E-state index in [9.17, 15) is 4.79 Å². The maximum Gasteiger partial charge on any atom is 0.252 e. The molecule has 2 aromatic rings. The number of benzene rings is 1. The fourth-order valence-corrected chi connectivity index (χ4v) is 6.11. The van der Waals surface area contributed by atoms with Crippen LogP contribution in [0.4, 0.5) is 0 Å². The molecule has 1 N–H and O–H groups in total. The lowest BCUT2D eigenvalue weighted by atomic mass is 10.0. The first-order valence-corrected chi connectivity index (χ1v) is 12.2. The number of nitrogens with zero attached hydrogens (tertiary/aromatic N) is 1. The molecule has 1 atom stereocenters. The fourth-order valence-electron chi connectivity index (χ4n) is 3.79. The summed E-state index contributed by atoms with van der Waals surface area (Å²) in [7, 11) is 0. The first-order valence-electron chi connectivity index (χ1n) is 10.4. The van der Waals surface area contributed by atoms with Crippen LogP contribution in [-0.2, 0) is 24.0 Å². The number of ether oxygens (including phenoxy) is 1. The summed E-state index contributed by atoms with van der Waals surface area (Å²) in [5.74, 6) is 0.938. The molecule has 150 valence electrons. The number of aryl methyl sites for hydroxylation is 3. The number of thiazole rings is 1. The topological polar surface area (TPSA) is 51.2 Å². The number of carbonyl (C=O) groups is 1. The zero-order chi connectivity index (χ0) is 19.2. The van der Waals surface area contributed by atoms with Crippen LogP contribution in [0.2, 0.25) is 0 Å². The molecule has 1 amide bonds. The molecule has 2 heterocycles. The third-order valence-corrected chi connectivity index (χ3v) is 7.75. The first-order chi connectivity index (χ1) is 13.8. The van der Waals surface area contributed by atoms with Crippen LogP contribution in [0.15, 0.2) is 29.2 Å².